The highest BCUT2D eigenvalue weighted by Gasteiger charge is 2.74. The number of hydrogen-bond acceptors (Lipinski definition) is 4. The lowest BCUT2D eigenvalue weighted by Crippen LogP contribution is -2.64. The Kier molecular flexibility index (Phi) is 3.10. The largest absolute Gasteiger partial charge is 0.496 e. The molecule has 1 saturated carbocycles. The molecule has 5 heteroatoms. The van der Waals surface area contributed by atoms with Gasteiger partial charge < -0.3 is 9.47 Å². The van der Waals surface area contributed by atoms with E-state index in [1.165, 1.54) is 4.57 Å². The summed E-state index contributed by atoms with van der Waals surface area (Å²) in [5, 5.41) is 0. The van der Waals surface area contributed by atoms with E-state index in [0.717, 1.165) is 6.42 Å². The minimum absolute atomic E-state index is 0.163. The van der Waals surface area contributed by atoms with Gasteiger partial charge in [-0.1, -0.05) is 20.8 Å². The number of cyclic esters (lactones) is 1. The third-order valence-corrected chi connectivity index (χ3v) is 6.13. The van der Waals surface area contributed by atoms with Gasteiger partial charge in [-0.15, -0.1) is 4.57 Å². The smallest absolute Gasteiger partial charge is 0.410 e. The van der Waals surface area contributed by atoms with Gasteiger partial charge in [0, 0.05) is 23.0 Å². The first-order valence-corrected chi connectivity index (χ1v) is 7.56. The average molecular weight is 304 g/mol. The van der Waals surface area contributed by atoms with Gasteiger partial charge in [-0.3, -0.25) is 4.79 Å². The molecule has 0 aromatic carbocycles. The van der Waals surface area contributed by atoms with E-state index in [2.05, 4.69) is 6.92 Å². The molecule has 0 N–H and O–H groups in total. The predicted molar refractivity (Wildman–Crippen MR) is 78.3 cm³/mol. The fourth-order valence-electron chi connectivity index (χ4n) is 3.93. The molecule has 2 aliphatic rings. The summed E-state index contributed by atoms with van der Waals surface area (Å²) < 4.78 is 12.0. The van der Waals surface area contributed by atoms with Crippen molar-refractivity contribution in [1.29, 1.82) is 0 Å². The molecule has 2 fully saturated rings. The molecule has 3 rings (SSSR count). The number of fused-ring (bicyclic) bond motifs is 2. The van der Waals surface area contributed by atoms with Crippen LogP contribution in [0.4, 0.5) is 0 Å². The first kappa shape index (κ1) is 15.0. The SMILES string of the molecule is COc1cc[n+](C(=O)[C@@]23CC[C@@](C)(COC2=O)C3(C)C)cc1. The summed E-state index contributed by atoms with van der Waals surface area (Å²) in [7, 11) is 1.57. The Morgan fingerprint density at radius 3 is 2.45 bits per heavy atom. The zero-order valence-corrected chi connectivity index (χ0v) is 13.5. The maximum atomic E-state index is 13.2. The van der Waals surface area contributed by atoms with Crippen molar-refractivity contribution in [3.05, 3.63) is 24.5 Å². The van der Waals surface area contributed by atoms with Gasteiger partial charge in [0.25, 0.3) is 0 Å². The maximum Gasteiger partial charge on any atom is 0.410 e. The van der Waals surface area contributed by atoms with Crippen LogP contribution in [0.2, 0.25) is 0 Å². The van der Waals surface area contributed by atoms with Crippen molar-refractivity contribution >= 4 is 11.9 Å². The second kappa shape index (κ2) is 4.54. The lowest BCUT2D eigenvalue weighted by Gasteiger charge is -2.48. The van der Waals surface area contributed by atoms with Crippen LogP contribution in [-0.2, 0) is 9.53 Å². The van der Waals surface area contributed by atoms with Crippen LogP contribution in [0.3, 0.4) is 0 Å². The molecule has 1 aliphatic heterocycles. The van der Waals surface area contributed by atoms with E-state index in [-0.39, 0.29) is 17.3 Å². The van der Waals surface area contributed by atoms with Crippen LogP contribution in [0.5, 0.6) is 5.75 Å². The van der Waals surface area contributed by atoms with Gasteiger partial charge in [-0.25, -0.2) is 4.79 Å². The van der Waals surface area contributed by atoms with Crippen molar-refractivity contribution in [2.75, 3.05) is 13.7 Å². The van der Waals surface area contributed by atoms with Crippen LogP contribution in [0, 0.1) is 16.2 Å². The summed E-state index contributed by atoms with van der Waals surface area (Å²) in [4.78, 5) is 25.8. The van der Waals surface area contributed by atoms with E-state index in [1.807, 2.05) is 13.8 Å². The Morgan fingerprint density at radius 2 is 1.86 bits per heavy atom. The van der Waals surface area contributed by atoms with Crippen LogP contribution in [0.25, 0.3) is 0 Å². The highest BCUT2D eigenvalue weighted by atomic mass is 16.5. The van der Waals surface area contributed by atoms with Crippen molar-refractivity contribution < 1.29 is 23.6 Å². The highest BCUT2D eigenvalue weighted by Crippen LogP contribution is 2.65. The molecule has 2 heterocycles. The van der Waals surface area contributed by atoms with Gasteiger partial charge in [-0.05, 0) is 12.8 Å². The fraction of sp³-hybridized carbons (Fsp3) is 0.588. The normalized spacial score (nSPS) is 32.5. The summed E-state index contributed by atoms with van der Waals surface area (Å²) in [6.07, 6.45) is 4.63. The number of esters is 1. The first-order valence-electron chi connectivity index (χ1n) is 7.56. The minimum atomic E-state index is -1.11. The van der Waals surface area contributed by atoms with Crippen LogP contribution < -0.4 is 9.30 Å². The van der Waals surface area contributed by atoms with Crippen molar-refractivity contribution in [1.82, 2.24) is 0 Å². The van der Waals surface area contributed by atoms with Gasteiger partial charge in [0.1, 0.15) is 5.75 Å². The van der Waals surface area contributed by atoms with Crippen molar-refractivity contribution in [2.45, 2.75) is 33.6 Å². The molecule has 2 bridgehead atoms. The Morgan fingerprint density at radius 1 is 1.23 bits per heavy atom. The number of carbonyl (C=O) groups excluding carboxylic acids is 2. The summed E-state index contributed by atoms with van der Waals surface area (Å²) >= 11 is 0. The second-order valence-electron chi connectivity index (χ2n) is 7.12. The first-order chi connectivity index (χ1) is 10.3. The third-order valence-electron chi connectivity index (χ3n) is 6.13. The Hall–Kier alpha value is -1.91. The van der Waals surface area contributed by atoms with Crippen LogP contribution in [0.1, 0.15) is 38.4 Å². The zero-order chi connectivity index (χ0) is 16.2. The molecule has 118 valence electrons. The summed E-state index contributed by atoms with van der Waals surface area (Å²) in [5.74, 6) is 0.0673. The molecule has 0 radical (unpaired) electrons. The molecule has 22 heavy (non-hydrogen) atoms. The van der Waals surface area contributed by atoms with Gasteiger partial charge in [-0.2, -0.15) is 0 Å². The van der Waals surface area contributed by atoms with Gasteiger partial charge >= 0.3 is 11.9 Å². The second-order valence-corrected chi connectivity index (χ2v) is 7.12. The summed E-state index contributed by atoms with van der Waals surface area (Å²) in [5.41, 5.74) is -1.72. The molecule has 0 spiro atoms. The van der Waals surface area contributed by atoms with E-state index in [4.69, 9.17) is 9.47 Å². The fourth-order valence-corrected chi connectivity index (χ4v) is 3.93. The van der Waals surface area contributed by atoms with E-state index in [9.17, 15) is 9.59 Å². The molecule has 1 aliphatic carbocycles. The molecule has 0 unspecified atom stereocenters. The monoisotopic (exact) mass is 304 g/mol. The quantitative estimate of drug-likeness (QED) is 0.476. The lowest BCUT2D eigenvalue weighted by molar-refractivity contribution is -0.581. The van der Waals surface area contributed by atoms with Gasteiger partial charge in [0.05, 0.1) is 13.7 Å². The van der Waals surface area contributed by atoms with Crippen LogP contribution in [0.15, 0.2) is 24.5 Å². The molecular weight excluding hydrogens is 282 g/mol. The number of pyridine rings is 1. The topological polar surface area (TPSA) is 56.5 Å². The Labute approximate surface area is 130 Å². The van der Waals surface area contributed by atoms with Gasteiger partial charge in [0.2, 0.25) is 0 Å². The van der Waals surface area contributed by atoms with Crippen molar-refractivity contribution in [2.24, 2.45) is 16.2 Å². The van der Waals surface area contributed by atoms with Crippen LogP contribution >= 0.6 is 0 Å². The van der Waals surface area contributed by atoms with E-state index in [0.29, 0.717) is 18.8 Å². The predicted octanol–water partition coefficient (Wildman–Crippen LogP) is 1.99. The van der Waals surface area contributed by atoms with E-state index in [1.54, 1.807) is 31.6 Å². The number of carbonyl (C=O) groups is 2. The third kappa shape index (κ3) is 1.62. The van der Waals surface area contributed by atoms with E-state index >= 15 is 0 Å². The Bertz CT molecular complexity index is 637. The molecule has 1 saturated heterocycles. The molecule has 0 amide bonds. The summed E-state index contributed by atoms with van der Waals surface area (Å²) in [6.45, 7) is 6.53. The number of hydrogen-bond donors (Lipinski definition) is 0. The number of methoxy groups -OCH3 is 1. The average Bonchev–Trinajstić information content (AvgIpc) is 2.62. The molecule has 1 aromatic heterocycles. The molecule has 5 nitrogen and oxygen atoms in total. The van der Waals surface area contributed by atoms with Crippen LogP contribution in [-0.4, -0.2) is 25.6 Å². The Balaban J connectivity index is 2.07. The van der Waals surface area contributed by atoms with Crippen molar-refractivity contribution in [3.63, 3.8) is 0 Å². The highest BCUT2D eigenvalue weighted by molar-refractivity contribution is 6.01. The molecule has 1 aromatic rings. The number of rotatable bonds is 2. The zero-order valence-electron chi connectivity index (χ0n) is 13.5. The molecular formula is C17H22NO4+. The lowest BCUT2D eigenvalue weighted by atomic mass is 9.57. The molecule has 2 atom stereocenters. The standard InChI is InChI=1S/C17H22NO4/c1-15(2)16(3)7-8-17(15,14(20)22-11-16)13(19)18-9-5-12(21-4)6-10-18/h5-6,9-10H,7-8,11H2,1-4H3/q+1/t16-,17-/m0/s1. The minimum Gasteiger partial charge on any atom is -0.496 e. The number of nitrogens with zero attached hydrogens (tertiary/aromatic N) is 1. The number of aromatic nitrogens is 1. The van der Waals surface area contributed by atoms with E-state index < -0.39 is 10.8 Å². The number of ether oxygens (including phenoxy) is 2. The summed E-state index contributed by atoms with van der Waals surface area (Å²) in [6, 6.07) is 3.42. The van der Waals surface area contributed by atoms with Gasteiger partial charge in [0.15, 0.2) is 17.8 Å². The van der Waals surface area contributed by atoms with Crippen molar-refractivity contribution in [3.8, 4) is 5.75 Å². The maximum absolute atomic E-state index is 13.2.